The quantitative estimate of drug-likeness (QED) is 0.542. The van der Waals surface area contributed by atoms with Crippen LogP contribution < -0.4 is 15.0 Å². The Hall–Kier alpha value is -3.55. The summed E-state index contributed by atoms with van der Waals surface area (Å²) >= 11 is 0. The summed E-state index contributed by atoms with van der Waals surface area (Å²) < 4.78 is 7.57. The van der Waals surface area contributed by atoms with Crippen LogP contribution in [0.1, 0.15) is 31.2 Å². The van der Waals surface area contributed by atoms with Crippen molar-refractivity contribution in [2.45, 2.75) is 33.6 Å². The van der Waals surface area contributed by atoms with Crippen LogP contribution in [0.25, 0.3) is 5.82 Å². The highest BCUT2D eigenvalue weighted by molar-refractivity contribution is 5.89. The van der Waals surface area contributed by atoms with Crippen molar-refractivity contribution < 1.29 is 9.53 Å². The number of piperazine rings is 1. The van der Waals surface area contributed by atoms with Gasteiger partial charge in [0.15, 0.2) is 5.82 Å². The molecule has 8 nitrogen and oxygen atoms in total. The molecule has 0 atom stereocenters. The molecule has 3 heterocycles. The second-order valence-corrected chi connectivity index (χ2v) is 8.25. The molecule has 0 saturated carbocycles. The number of unbranched alkanes of at least 4 members (excludes halogenated alkanes) is 1. The van der Waals surface area contributed by atoms with Crippen LogP contribution >= 0.6 is 0 Å². The minimum absolute atomic E-state index is 0.0769. The summed E-state index contributed by atoms with van der Waals surface area (Å²) in [7, 11) is 0. The van der Waals surface area contributed by atoms with Gasteiger partial charge < -0.3 is 19.9 Å². The maximum atomic E-state index is 12.8. The number of nitrogens with zero attached hydrogens (tertiary/aromatic N) is 5. The molecule has 3 aromatic rings. The minimum atomic E-state index is -0.0769. The Kier molecular flexibility index (Phi) is 7.12. The van der Waals surface area contributed by atoms with Crippen LogP contribution in [0.4, 0.5) is 16.2 Å². The molecule has 0 aliphatic carbocycles. The number of aromatic nitrogens is 3. The van der Waals surface area contributed by atoms with Crippen molar-refractivity contribution in [1.29, 1.82) is 0 Å². The SMILES string of the molecule is CCCCOc1ccc(NC(=O)N2CCN(c3c(C)nn(-c4ccccn4)c3C)CC2)cc1. The molecular weight excluding hydrogens is 416 g/mol. The molecule has 2 amide bonds. The third-order valence-corrected chi connectivity index (χ3v) is 5.87. The van der Waals surface area contributed by atoms with Gasteiger partial charge in [0.2, 0.25) is 0 Å². The molecule has 1 aromatic carbocycles. The van der Waals surface area contributed by atoms with Gasteiger partial charge in [-0.25, -0.2) is 14.5 Å². The highest BCUT2D eigenvalue weighted by Crippen LogP contribution is 2.27. The van der Waals surface area contributed by atoms with Crippen molar-refractivity contribution in [1.82, 2.24) is 19.7 Å². The Bertz CT molecular complexity index is 1060. The Balaban J connectivity index is 1.34. The molecule has 0 spiro atoms. The van der Waals surface area contributed by atoms with Gasteiger partial charge in [0.05, 0.1) is 23.7 Å². The summed E-state index contributed by atoms with van der Waals surface area (Å²) in [5.74, 6) is 1.64. The van der Waals surface area contributed by atoms with Crippen molar-refractivity contribution in [3.63, 3.8) is 0 Å². The van der Waals surface area contributed by atoms with Crippen LogP contribution in [0.2, 0.25) is 0 Å². The average molecular weight is 449 g/mol. The zero-order chi connectivity index (χ0) is 23.2. The number of amides is 2. The lowest BCUT2D eigenvalue weighted by Gasteiger charge is -2.36. The normalized spacial score (nSPS) is 13.8. The van der Waals surface area contributed by atoms with Gasteiger partial charge >= 0.3 is 6.03 Å². The second kappa shape index (κ2) is 10.4. The van der Waals surface area contributed by atoms with Crippen LogP contribution in [0.15, 0.2) is 48.7 Å². The van der Waals surface area contributed by atoms with E-state index >= 15 is 0 Å². The molecule has 1 aliphatic heterocycles. The third kappa shape index (κ3) is 5.27. The molecule has 4 rings (SSSR count). The van der Waals surface area contributed by atoms with Crippen LogP contribution in [0.3, 0.4) is 0 Å². The van der Waals surface area contributed by atoms with Gasteiger partial charge in [0, 0.05) is 38.1 Å². The molecule has 0 radical (unpaired) electrons. The van der Waals surface area contributed by atoms with E-state index in [2.05, 4.69) is 29.0 Å². The minimum Gasteiger partial charge on any atom is -0.494 e. The lowest BCUT2D eigenvalue weighted by atomic mass is 10.2. The molecule has 1 N–H and O–H groups in total. The fraction of sp³-hybridized carbons (Fsp3) is 0.400. The Labute approximate surface area is 195 Å². The zero-order valence-corrected chi connectivity index (χ0v) is 19.6. The summed E-state index contributed by atoms with van der Waals surface area (Å²) in [6.07, 6.45) is 3.91. The van der Waals surface area contributed by atoms with E-state index in [1.807, 2.05) is 59.0 Å². The first-order valence-electron chi connectivity index (χ1n) is 11.6. The van der Waals surface area contributed by atoms with Crippen molar-refractivity contribution in [3.8, 4) is 11.6 Å². The molecule has 1 aliphatic rings. The van der Waals surface area contributed by atoms with E-state index in [1.54, 1.807) is 6.20 Å². The van der Waals surface area contributed by atoms with E-state index in [-0.39, 0.29) is 6.03 Å². The number of anilines is 2. The van der Waals surface area contributed by atoms with E-state index in [0.717, 1.165) is 60.3 Å². The predicted octanol–water partition coefficient (Wildman–Crippen LogP) is 4.42. The van der Waals surface area contributed by atoms with Crippen LogP contribution in [0.5, 0.6) is 5.75 Å². The van der Waals surface area contributed by atoms with Gasteiger partial charge in [0.25, 0.3) is 0 Å². The second-order valence-electron chi connectivity index (χ2n) is 8.25. The van der Waals surface area contributed by atoms with E-state index < -0.39 is 0 Å². The van der Waals surface area contributed by atoms with Crippen LogP contribution in [-0.4, -0.2) is 58.5 Å². The number of hydrogen-bond acceptors (Lipinski definition) is 5. The van der Waals surface area contributed by atoms with Gasteiger partial charge in [-0.05, 0) is 56.7 Å². The van der Waals surface area contributed by atoms with E-state index in [9.17, 15) is 4.79 Å². The summed E-state index contributed by atoms with van der Waals surface area (Å²) in [5, 5.41) is 7.70. The monoisotopic (exact) mass is 448 g/mol. The molecule has 2 aromatic heterocycles. The summed E-state index contributed by atoms with van der Waals surface area (Å²) in [4.78, 5) is 21.4. The van der Waals surface area contributed by atoms with Gasteiger partial charge in [-0.15, -0.1) is 0 Å². The molecular formula is C25H32N6O2. The van der Waals surface area contributed by atoms with Crippen molar-refractivity contribution in [2.75, 3.05) is 43.0 Å². The molecule has 1 fully saturated rings. The highest BCUT2D eigenvalue weighted by Gasteiger charge is 2.25. The largest absolute Gasteiger partial charge is 0.494 e. The number of rotatable bonds is 7. The summed E-state index contributed by atoms with van der Waals surface area (Å²) in [6, 6.07) is 13.3. The molecule has 0 bridgehead atoms. The van der Waals surface area contributed by atoms with Crippen molar-refractivity contribution in [3.05, 3.63) is 60.0 Å². The Morgan fingerprint density at radius 1 is 1.06 bits per heavy atom. The van der Waals surface area contributed by atoms with Gasteiger partial charge in [-0.2, -0.15) is 5.10 Å². The summed E-state index contributed by atoms with van der Waals surface area (Å²) in [6.45, 7) is 9.76. The van der Waals surface area contributed by atoms with Crippen LogP contribution in [-0.2, 0) is 0 Å². The van der Waals surface area contributed by atoms with Crippen molar-refractivity contribution >= 4 is 17.4 Å². The number of carbonyl (C=O) groups excluding carboxylic acids is 1. The van der Waals surface area contributed by atoms with E-state index in [4.69, 9.17) is 9.84 Å². The molecule has 1 saturated heterocycles. The van der Waals surface area contributed by atoms with Gasteiger partial charge in [-0.3, -0.25) is 0 Å². The van der Waals surface area contributed by atoms with Gasteiger partial charge in [-0.1, -0.05) is 19.4 Å². The topological polar surface area (TPSA) is 75.5 Å². The van der Waals surface area contributed by atoms with Crippen LogP contribution in [0, 0.1) is 13.8 Å². The number of aryl methyl sites for hydroxylation is 1. The van der Waals surface area contributed by atoms with Crippen molar-refractivity contribution in [2.24, 2.45) is 0 Å². The number of nitrogens with one attached hydrogen (secondary N) is 1. The number of urea groups is 1. The third-order valence-electron chi connectivity index (χ3n) is 5.87. The number of pyridine rings is 1. The maximum absolute atomic E-state index is 12.8. The Morgan fingerprint density at radius 2 is 1.82 bits per heavy atom. The number of hydrogen-bond donors (Lipinski definition) is 1. The average Bonchev–Trinajstić information content (AvgIpc) is 3.14. The highest BCUT2D eigenvalue weighted by atomic mass is 16.5. The van der Waals surface area contributed by atoms with E-state index in [0.29, 0.717) is 19.7 Å². The fourth-order valence-corrected chi connectivity index (χ4v) is 4.10. The lowest BCUT2D eigenvalue weighted by molar-refractivity contribution is 0.208. The molecule has 8 heteroatoms. The standard InChI is InChI=1S/C25H32N6O2/c1-4-5-18-33-22-11-9-21(10-12-22)27-25(32)30-16-14-29(15-17-30)24-19(2)28-31(20(24)3)23-8-6-7-13-26-23/h6-13H,4-5,14-18H2,1-3H3,(H,27,32). The Morgan fingerprint density at radius 3 is 2.48 bits per heavy atom. The fourth-order valence-electron chi connectivity index (χ4n) is 4.10. The first-order valence-corrected chi connectivity index (χ1v) is 11.6. The number of benzene rings is 1. The smallest absolute Gasteiger partial charge is 0.321 e. The van der Waals surface area contributed by atoms with E-state index in [1.165, 1.54) is 0 Å². The number of carbonyl (C=O) groups is 1. The number of ether oxygens (including phenoxy) is 1. The summed E-state index contributed by atoms with van der Waals surface area (Å²) in [5.41, 5.74) is 3.93. The maximum Gasteiger partial charge on any atom is 0.321 e. The lowest BCUT2D eigenvalue weighted by Crippen LogP contribution is -2.50. The first-order chi connectivity index (χ1) is 16.1. The first kappa shape index (κ1) is 22.6. The van der Waals surface area contributed by atoms with Gasteiger partial charge in [0.1, 0.15) is 5.75 Å². The molecule has 0 unspecified atom stereocenters. The zero-order valence-electron chi connectivity index (χ0n) is 19.6. The molecule has 174 valence electrons. The predicted molar refractivity (Wildman–Crippen MR) is 130 cm³/mol. The molecule has 33 heavy (non-hydrogen) atoms.